The molecule has 1 aliphatic heterocycles. The summed E-state index contributed by atoms with van der Waals surface area (Å²) >= 11 is 0. The van der Waals surface area contributed by atoms with Crippen molar-refractivity contribution in [2.24, 2.45) is 5.10 Å². The molecule has 1 saturated heterocycles. The number of hydrogen-bond donors (Lipinski definition) is 1. The Bertz CT molecular complexity index is 1070. The summed E-state index contributed by atoms with van der Waals surface area (Å²) in [6, 6.07) is 17.1. The van der Waals surface area contributed by atoms with Crippen LogP contribution in [-0.4, -0.2) is 48.7 Å². The van der Waals surface area contributed by atoms with Gasteiger partial charge in [0.1, 0.15) is 17.3 Å². The van der Waals surface area contributed by atoms with E-state index in [1.54, 1.807) is 37.6 Å². The van der Waals surface area contributed by atoms with E-state index < -0.39 is 0 Å². The van der Waals surface area contributed by atoms with Gasteiger partial charge in [-0.05, 0) is 56.2 Å². The fourth-order valence-corrected chi connectivity index (χ4v) is 3.68. The quantitative estimate of drug-likeness (QED) is 0.435. The van der Waals surface area contributed by atoms with E-state index >= 15 is 0 Å². The van der Waals surface area contributed by atoms with Crippen molar-refractivity contribution >= 4 is 17.9 Å². The summed E-state index contributed by atoms with van der Waals surface area (Å²) in [5.74, 6) is 1.97. The van der Waals surface area contributed by atoms with E-state index in [4.69, 9.17) is 14.6 Å². The average molecular weight is 434 g/mol. The topological polar surface area (TPSA) is 81.0 Å². The van der Waals surface area contributed by atoms with Gasteiger partial charge in [-0.25, -0.2) is 10.1 Å². The SMILES string of the molecule is COc1ccc(OCC(=O)N/N=C/c2c(C)nn(-c3ccccc3)c2N2CCCC2)cc1. The number of carbonyl (C=O) groups is 1. The largest absolute Gasteiger partial charge is 0.497 e. The second-order valence-electron chi connectivity index (χ2n) is 7.52. The fourth-order valence-electron chi connectivity index (χ4n) is 3.68. The van der Waals surface area contributed by atoms with Gasteiger partial charge >= 0.3 is 0 Å². The van der Waals surface area contributed by atoms with E-state index in [1.165, 1.54) is 0 Å². The van der Waals surface area contributed by atoms with Gasteiger partial charge in [-0.3, -0.25) is 4.79 Å². The molecule has 1 amide bonds. The Labute approximate surface area is 187 Å². The summed E-state index contributed by atoms with van der Waals surface area (Å²) in [4.78, 5) is 14.5. The maximum Gasteiger partial charge on any atom is 0.277 e. The van der Waals surface area contributed by atoms with Gasteiger partial charge < -0.3 is 14.4 Å². The molecule has 0 saturated carbocycles. The van der Waals surface area contributed by atoms with Crippen molar-refractivity contribution in [1.82, 2.24) is 15.2 Å². The first kappa shape index (κ1) is 21.4. The predicted octanol–water partition coefficient (Wildman–Crippen LogP) is 3.32. The average Bonchev–Trinajstić information content (AvgIpc) is 3.47. The molecular weight excluding hydrogens is 406 g/mol. The number of methoxy groups -OCH3 is 1. The number of ether oxygens (including phenoxy) is 2. The summed E-state index contributed by atoms with van der Waals surface area (Å²) in [5.41, 5.74) is 5.28. The van der Waals surface area contributed by atoms with E-state index in [9.17, 15) is 4.79 Å². The molecule has 0 radical (unpaired) electrons. The Balaban J connectivity index is 1.45. The number of para-hydroxylation sites is 1. The van der Waals surface area contributed by atoms with Crippen molar-refractivity contribution in [1.29, 1.82) is 0 Å². The molecule has 1 fully saturated rings. The first-order valence-electron chi connectivity index (χ1n) is 10.6. The Kier molecular flexibility index (Phi) is 6.69. The van der Waals surface area contributed by atoms with Gasteiger partial charge in [0.2, 0.25) is 0 Å². The number of nitrogens with one attached hydrogen (secondary N) is 1. The van der Waals surface area contributed by atoms with Crippen molar-refractivity contribution in [2.75, 3.05) is 31.7 Å². The normalized spacial score (nSPS) is 13.5. The Morgan fingerprint density at radius 3 is 2.47 bits per heavy atom. The Hall–Kier alpha value is -3.81. The van der Waals surface area contributed by atoms with Crippen molar-refractivity contribution in [3.63, 3.8) is 0 Å². The number of aromatic nitrogens is 2. The van der Waals surface area contributed by atoms with Crippen LogP contribution in [0.2, 0.25) is 0 Å². The van der Waals surface area contributed by atoms with E-state index in [-0.39, 0.29) is 12.5 Å². The minimum absolute atomic E-state index is 0.134. The van der Waals surface area contributed by atoms with Crippen LogP contribution in [0.1, 0.15) is 24.1 Å². The molecule has 166 valence electrons. The highest BCUT2D eigenvalue weighted by atomic mass is 16.5. The molecule has 0 unspecified atom stereocenters. The first-order valence-corrected chi connectivity index (χ1v) is 10.6. The van der Waals surface area contributed by atoms with Crippen LogP contribution in [-0.2, 0) is 4.79 Å². The maximum atomic E-state index is 12.2. The van der Waals surface area contributed by atoms with Crippen LogP contribution in [0, 0.1) is 6.92 Å². The maximum absolute atomic E-state index is 12.2. The first-order chi connectivity index (χ1) is 15.7. The molecule has 2 heterocycles. The number of hydrazone groups is 1. The highest BCUT2D eigenvalue weighted by molar-refractivity contribution is 5.90. The van der Waals surface area contributed by atoms with Crippen LogP contribution in [0.25, 0.3) is 5.69 Å². The van der Waals surface area contributed by atoms with Crippen LogP contribution in [0.15, 0.2) is 59.7 Å². The minimum atomic E-state index is -0.340. The molecule has 1 aromatic heterocycles. The lowest BCUT2D eigenvalue weighted by atomic mass is 10.2. The summed E-state index contributed by atoms with van der Waals surface area (Å²) < 4.78 is 12.6. The van der Waals surface area contributed by atoms with E-state index in [0.29, 0.717) is 5.75 Å². The van der Waals surface area contributed by atoms with Gasteiger partial charge in [-0.1, -0.05) is 18.2 Å². The van der Waals surface area contributed by atoms with Gasteiger partial charge in [0.15, 0.2) is 6.61 Å². The van der Waals surface area contributed by atoms with Gasteiger partial charge in [0.05, 0.1) is 30.3 Å². The Morgan fingerprint density at radius 1 is 1.09 bits per heavy atom. The molecule has 4 rings (SSSR count). The zero-order valence-corrected chi connectivity index (χ0v) is 18.3. The summed E-state index contributed by atoms with van der Waals surface area (Å²) in [7, 11) is 1.60. The van der Waals surface area contributed by atoms with E-state index in [0.717, 1.165) is 54.4 Å². The highest BCUT2D eigenvalue weighted by Crippen LogP contribution is 2.29. The molecule has 8 nitrogen and oxygen atoms in total. The zero-order chi connectivity index (χ0) is 22.3. The summed E-state index contributed by atoms with van der Waals surface area (Å²) in [6.07, 6.45) is 3.96. The number of carbonyl (C=O) groups excluding carboxylic acids is 1. The second kappa shape index (κ2) is 10.00. The van der Waals surface area contributed by atoms with Crippen LogP contribution < -0.4 is 19.8 Å². The van der Waals surface area contributed by atoms with E-state index in [2.05, 4.69) is 15.4 Å². The van der Waals surface area contributed by atoms with Crippen molar-refractivity contribution in [3.8, 4) is 17.2 Å². The lowest BCUT2D eigenvalue weighted by molar-refractivity contribution is -0.123. The number of anilines is 1. The highest BCUT2D eigenvalue weighted by Gasteiger charge is 2.23. The molecule has 2 aromatic carbocycles. The molecule has 3 aromatic rings. The van der Waals surface area contributed by atoms with Gasteiger partial charge in [-0.15, -0.1) is 0 Å². The molecule has 0 bridgehead atoms. The number of amides is 1. The van der Waals surface area contributed by atoms with Crippen molar-refractivity contribution in [3.05, 3.63) is 65.9 Å². The van der Waals surface area contributed by atoms with Crippen molar-refractivity contribution in [2.45, 2.75) is 19.8 Å². The molecule has 32 heavy (non-hydrogen) atoms. The third-order valence-corrected chi connectivity index (χ3v) is 5.30. The lowest BCUT2D eigenvalue weighted by Crippen LogP contribution is -2.25. The Morgan fingerprint density at radius 2 is 1.78 bits per heavy atom. The number of nitrogens with zero attached hydrogens (tertiary/aromatic N) is 4. The van der Waals surface area contributed by atoms with Crippen LogP contribution in [0.4, 0.5) is 5.82 Å². The van der Waals surface area contributed by atoms with Gasteiger partial charge in [-0.2, -0.15) is 10.2 Å². The lowest BCUT2D eigenvalue weighted by Gasteiger charge is -2.20. The molecule has 1 aliphatic rings. The summed E-state index contributed by atoms with van der Waals surface area (Å²) in [6.45, 7) is 3.77. The number of hydrogen-bond acceptors (Lipinski definition) is 6. The minimum Gasteiger partial charge on any atom is -0.497 e. The van der Waals surface area contributed by atoms with Crippen LogP contribution in [0.5, 0.6) is 11.5 Å². The molecule has 0 spiro atoms. The molecule has 1 N–H and O–H groups in total. The third kappa shape index (κ3) is 4.91. The van der Waals surface area contributed by atoms with Crippen molar-refractivity contribution < 1.29 is 14.3 Å². The molecule has 0 aliphatic carbocycles. The zero-order valence-electron chi connectivity index (χ0n) is 18.3. The van der Waals surface area contributed by atoms with Gasteiger partial charge in [0.25, 0.3) is 5.91 Å². The van der Waals surface area contributed by atoms with E-state index in [1.807, 2.05) is 41.9 Å². The predicted molar refractivity (Wildman–Crippen MR) is 124 cm³/mol. The monoisotopic (exact) mass is 433 g/mol. The fraction of sp³-hybridized carbons (Fsp3) is 0.292. The third-order valence-electron chi connectivity index (χ3n) is 5.30. The molecule has 8 heteroatoms. The van der Waals surface area contributed by atoms with Crippen LogP contribution in [0.3, 0.4) is 0 Å². The van der Waals surface area contributed by atoms with Gasteiger partial charge in [0, 0.05) is 13.1 Å². The molecular formula is C24H27N5O3. The number of rotatable bonds is 8. The van der Waals surface area contributed by atoms with Crippen LogP contribution >= 0.6 is 0 Å². The number of aryl methyl sites for hydroxylation is 1. The standard InChI is InChI=1S/C24H27N5O3/c1-18-22(16-25-26-23(30)17-32-21-12-10-20(31-2)11-13-21)24(28-14-6-7-15-28)29(27-18)19-8-4-3-5-9-19/h3-5,8-13,16H,6-7,14-15,17H2,1-2H3,(H,26,30)/b25-16+. The summed E-state index contributed by atoms with van der Waals surface area (Å²) in [5, 5.41) is 8.93. The second-order valence-corrected chi connectivity index (χ2v) is 7.52. The smallest absolute Gasteiger partial charge is 0.277 e. The number of benzene rings is 2. The molecule has 0 atom stereocenters.